The first-order chi connectivity index (χ1) is 13.7. The second-order valence-electron chi connectivity index (χ2n) is 9.26. The summed E-state index contributed by atoms with van der Waals surface area (Å²) in [5.41, 5.74) is 0.0481. The SMILES string of the molecule is C[C@H]1C[C@@](C)(NC(=O)c2ccccc2)C[C@@H]([C@H](O)CC2C[C@H](O)N[C@@H](O)C2)[C@@H]1O. The molecule has 162 valence electrons. The molecule has 1 amide bonds. The van der Waals surface area contributed by atoms with Crippen LogP contribution < -0.4 is 10.6 Å². The fourth-order valence-corrected chi connectivity index (χ4v) is 5.17. The van der Waals surface area contributed by atoms with Gasteiger partial charge in [-0.1, -0.05) is 25.1 Å². The van der Waals surface area contributed by atoms with Gasteiger partial charge in [0.1, 0.15) is 12.5 Å². The Hall–Kier alpha value is -1.51. The van der Waals surface area contributed by atoms with Crippen molar-refractivity contribution in [2.24, 2.45) is 17.8 Å². The van der Waals surface area contributed by atoms with Gasteiger partial charge in [-0.05, 0) is 63.0 Å². The van der Waals surface area contributed by atoms with E-state index in [0.717, 1.165) is 0 Å². The van der Waals surface area contributed by atoms with E-state index in [1.165, 1.54) is 0 Å². The molecule has 1 aliphatic carbocycles. The predicted molar refractivity (Wildman–Crippen MR) is 109 cm³/mol. The van der Waals surface area contributed by atoms with Gasteiger partial charge in [-0.3, -0.25) is 10.1 Å². The maximum atomic E-state index is 12.7. The van der Waals surface area contributed by atoms with E-state index in [1.807, 2.05) is 32.0 Å². The van der Waals surface area contributed by atoms with Crippen LogP contribution in [0, 0.1) is 17.8 Å². The Labute approximate surface area is 172 Å². The summed E-state index contributed by atoms with van der Waals surface area (Å²) in [5.74, 6) is -0.655. The highest BCUT2D eigenvalue weighted by Crippen LogP contribution is 2.40. The molecule has 7 nitrogen and oxygen atoms in total. The van der Waals surface area contributed by atoms with E-state index in [1.54, 1.807) is 12.1 Å². The molecule has 29 heavy (non-hydrogen) atoms. The van der Waals surface area contributed by atoms with Gasteiger partial charge < -0.3 is 25.7 Å². The van der Waals surface area contributed by atoms with Crippen LogP contribution in [0.1, 0.15) is 56.3 Å². The van der Waals surface area contributed by atoms with E-state index < -0.39 is 30.2 Å². The first-order valence-corrected chi connectivity index (χ1v) is 10.5. The van der Waals surface area contributed by atoms with Gasteiger partial charge in [0.05, 0.1) is 12.2 Å². The topological polar surface area (TPSA) is 122 Å². The third-order valence-corrected chi connectivity index (χ3v) is 6.50. The monoisotopic (exact) mass is 406 g/mol. The number of benzene rings is 1. The molecule has 1 aliphatic heterocycles. The maximum Gasteiger partial charge on any atom is 0.251 e. The smallest absolute Gasteiger partial charge is 0.251 e. The Balaban J connectivity index is 1.67. The summed E-state index contributed by atoms with van der Waals surface area (Å²) < 4.78 is 0. The van der Waals surface area contributed by atoms with Gasteiger partial charge in [0, 0.05) is 17.0 Å². The number of aliphatic hydroxyl groups excluding tert-OH is 4. The Morgan fingerprint density at radius 3 is 2.41 bits per heavy atom. The summed E-state index contributed by atoms with van der Waals surface area (Å²) in [6.45, 7) is 3.91. The van der Waals surface area contributed by atoms with Crippen molar-refractivity contribution >= 4 is 5.91 Å². The molecule has 0 spiro atoms. The Kier molecular flexibility index (Phi) is 6.96. The molecule has 0 aromatic heterocycles. The van der Waals surface area contributed by atoms with Crippen LogP contribution in [0.25, 0.3) is 0 Å². The van der Waals surface area contributed by atoms with Gasteiger partial charge in [-0.25, -0.2) is 0 Å². The average Bonchev–Trinajstić information content (AvgIpc) is 2.64. The third-order valence-electron chi connectivity index (χ3n) is 6.50. The van der Waals surface area contributed by atoms with Crippen LogP contribution in [0.3, 0.4) is 0 Å². The fraction of sp³-hybridized carbons (Fsp3) is 0.682. The fourth-order valence-electron chi connectivity index (χ4n) is 5.17. The molecule has 7 atom stereocenters. The van der Waals surface area contributed by atoms with E-state index in [0.29, 0.717) is 37.7 Å². The van der Waals surface area contributed by atoms with E-state index >= 15 is 0 Å². The third kappa shape index (κ3) is 5.55. The lowest BCUT2D eigenvalue weighted by atomic mass is 9.67. The van der Waals surface area contributed by atoms with E-state index in [9.17, 15) is 25.2 Å². The minimum Gasteiger partial charge on any atom is -0.393 e. The summed E-state index contributed by atoms with van der Waals surface area (Å²) in [4.78, 5) is 12.7. The second kappa shape index (κ2) is 9.10. The molecule has 6 N–H and O–H groups in total. The summed E-state index contributed by atoms with van der Waals surface area (Å²) in [6.07, 6.45) is -0.625. The number of hydrogen-bond donors (Lipinski definition) is 6. The van der Waals surface area contributed by atoms with Crippen LogP contribution in [0.5, 0.6) is 0 Å². The number of rotatable bonds is 5. The lowest BCUT2D eigenvalue weighted by molar-refractivity contribution is -0.0807. The number of piperidine rings is 1. The second-order valence-corrected chi connectivity index (χ2v) is 9.26. The molecule has 3 rings (SSSR count). The Morgan fingerprint density at radius 1 is 1.17 bits per heavy atom. The van der Waals surface area contributed by atoms with Crippen LogP contribution in [0.4, 0.5) is 0 Å². The van der Waals surface area contributed by atoms with Crippen LogP contribution in [-0.2, 0) is 0 Å². The summed E-state index contributed by atoms with van der Waals surface area (Å²) in [7, 11) is 0. The van der Waals surface area contributed by atoms with Gasteiger partial charge in [0.15, 0.2) is 0 Å². The van der Waals surface area contributed by atoms with Gasteiger partial charge in [0.2, 0.25) is 0 Å². The van der Waals surface area contributed by atoms with Gasteiger partial charge in [0.25, 0.3) is 5.91 Å². The maximum absolute atomic E-state index is 12.7. The molecular formula is C22H34N2O5. The summed E-state index contributed by atoms with van der Waals surface area (Å²) in [6, 6.07) is 9.02. The van der Waals surface area contributed by atoms with Crippen molar-refractivity contribution in [3.05, 3.63) is 35.9 Å². The molecule has 7 heteroatoms. The Bertz CT molecular complexity index is 677. The normalized spacial score (nSPS) is 39.0. The minimum absolute atomic E-state index is 0.0363. The number of nitrogens with one attached hydrogen (secondary N) is 2. The highest BCUT2D eigenvalue weighted by molar-refractivity contribution is 5.94. The quantitative estimate of drug-likeness (QED) is 0.433. The van der Waals surface area contributed by atoms with E-state index in [-0.39, 0.29) is 23.7 Å². The molecule has 1 aromatic rings. The number of amides is 1. The number of aliphatic hydroxyl groups is 4. The van der Waals surface area contributed by atoms with Crippen LogP contribution in [0.2, 0.25) is 0 Å². The van der Waals surface area contributed by atoms with Crippen LogP contribution >= 0.6 is 0 Å². The molecule has 2 fully saturated rings. The van der Waals surface area contributed by atoms with E-state index in [4.69, 9.17) is 0 Å². The standard InChI is InChI=1S/C22H34N2O5/c1-13-11-22(2,24-21(29)15-6-4-3-5-7-15)12-16(20(13)28)17(25)8-14-9-18(26)23-19(27)10-14/h3-7,13-14,16-20,23,25-28H,8-12H2,1-2H3,(H,24,29)/t13-,16-,17+,18-,19-,20+,22+/m0/s1. The largest absolute Gasteiger partial charge is 0.393 e. The van der Waals surface area contributed by atoms with E-state index in [2.05, 4.69) is 10.6 Å². The number of carbonyl (C=O) groups excluding carboxylic acids is 1. The van der Waals surface area contributed by atoms with Gasteiger partial charge in [-0.2, -0.15) is 0 Å². The van der Waals surface area contributed by atoms with Crippen molar-refractivity contribution in [3.63, 3.8) is 0 Å². The molecule has 0 radical (unpaired) electrons. The molecule has 1 aromatic carbocycles. The number of hydrogen-bond acceptors (Lipinski definition) is 6. The summed E-state index contributed by atoms with van der Waals surface area (Å²) >= 11 is 0. The van der Waals surface area contributed by atoms with Crippen molar-refractivity contribution < 1.29 is 25.2 Å². The highest BCUT2D eigenvalue weighted by Gasteiger charge is 2.45. The molecule has 1 heterocycles. The zero-order valence-electron chi connectivity index (χ0n) is 17.2. The zero-order valence-corrected chi connectivity index (χ0v) is 17.2. The molecule has 2 aliphatic rings. The first kappa shape index (κ1) is 22.2. The van der Waals surface area contributed by atoms with Crippen LogP contribution in [0.15, 0.2) is 30.3 Å². The van der Waals surface area contributed by atoms with Crippen molar-refractivity contribution in [2.45, 2.75) is 76.2 Å². The lowest BCUT2D eigenvalue weighted by Crippen LogP contribution is -2.57. The van der Waals surface area contributed by atoms with Crippen molar-refractivity contribution in [3.8, 4) is 0 Å². The predicted octanol–water partition coefficient (Wildman–Crippen LogP) is 0.969. The minimum atomic E-state index is -0.790. The van der Waals surface area contributed by atoms with Crippen LogP contribution in [-0.4, -0.2) is 56.5 Å². The molecule has 1 saturated carbocycles. The van der Waals surface area contributed by atoms with Crippen molar-refractivity contribution in [1.82, 2.24) is 10.6 Å². The zero-order chi connectivity index (χ0) is 21.2. The first-order valence-electron chi connectivity index (χ1n) is 10.5. The van der Waals surface area contributed by atoms with Crippen molar-refractivity contribution in [1.29, 1.82) is 0 Å². The summed E-state index contributed by atoms with van der Waals surface area (Å²) in [5, 5.41) is 47.0. The highest BCUT2D eigenvalue weighted by atomic mass is 16.3. The molecule has 0 unspecified atom stereocenters. The average molecular weight is 407 g/mol. The Morgan fingerprint density at radius 2 is 1.79 bits per heavy atom. The molecular weight excluding hydrogens is 372 g/mol. The van der Waals surface area contributed by atoms with Crippen molar-refractivity contribution in [2.75, 3.05) is 0 Å². The molecule has 1 saturated heterocycles. The number of carbonyl (C=O) groups is 1. The lowest BCUT2D eigenvalue weighted by Gasteiger charge is -2.47. The van der Waals surface area contributed by atoms with Gasteiger partial charge >= 0.3 is 0 Å². The molecule has 0 bridgehead atoms. The van der Waals surface area contributed by atoms with Gasteiger partial charge in [-0.15, -0.1) is 0 Å².